The predicted molar refractivity (Wildman–Crippen MR) is 78.6 cm³/mol. The molecule has 0 heterocycles. The topological polar surface area (TPSA) is 55.1 Å². The van der Waals surface area contributed by atoms with Gasteiger partial charge in [-0.15, -0.1) is 0 Å². The van der Waals surface area contributed by atoms with Crippen LogP contribution in [0.4, 0.5) is 0 Å². The molecule has 0 saturated heterocycles. The second-order valence-corrected chi connectivity index (χ2v) is 6.72. The van der Waals surface area contributed by atoms with Gasteiger partial charge < -0.3 is 11.1 Å². The third-order valence-electron chi connectivity index (χ3n) is 5.31. The highest BCUT2D eigenvalue weighted by Crippen LogP contribution is 2.32. The smallest absolute Gasteiger partial charge is 0.223 e. The number of carbonyl (C=O) groups is 1. The van der Waals surface area contributed by atoms with E-state index in [0.717, 1.165) is 38.3 Å². The Bertz CT molecular complexity index is 290. The molecule has 2 rings (SSSR count). The Hall–Kier alpha value is -0.570. The predicted octanol–water partition coefficient (Wildman–Crippen LogP) is 2.69. The lowest BCUT2D eigenvalue weighted by Gasteiger charge is -2.28. The van der Waals surface area contributed by atoms with Crippen LogP contribution < -0.4 is 11.1 Å². The van der Waals surface area contributed by atoms with E-state index in [2.05, 4.69) is 12.2 Å². The Balaban J connectivity index is 1.73. The largest absolute Gasteiger partial charge is 0.356 e. The van der Waals surface area contributed by atoms with Crippen LogP contribution in [0.5, 0.6) is 0 Å². The van der Waals surface area contributed by atoms with Crippen LogP contribution in [0.15, 0.2) is 0 Å². The molecule has 4 atom stereocenters. The van der Waals surface area contributed by atoms with E-state index in [1.807, 2.05) is 0 Å². The van der Waals surface area contributed by atoms with Crippen molar-refractivity contribution in [1.82, 2.24) is 5.32 Å². The summed E-state index contributed by atoms with van der Waals surface area (Å²) in [6.07, 6.45) is 9.65. The van der Waals surface area contributed by atoms with Crippen LogP contribution in [0.25, 0.3) is 0 Å². The lowest BCUT2D eigenvalue weighted by Crippen LogP contribution is -2.37. The fourth-order valence-corrected chi connectivity index (χ4v) is 3.93. The molecule has 0 bridgehead atoms. The minimum Gasteiger partial charge on any atom is -0.356 e. The molecule has 4 unspecified atom stereocenters. The maximum Gasteiger partial charge on any atom is 0.223 e. The van der Waals surface area contributed by atoms with E-state index in [4.69, 9.17) is 5.73 Å². The Kier molecular flexibility index (Phi) is 5.68. The summed E-state index contributed by atoms with van der Waals surface area (Å²) in [7, 11) is 0. The van der Waals surface area contributed by atoms with E-state index < -0.39 is 0 Å². The molecule has 0 aliphatic heterocycles. The van der Waals surface area contributed by atoms with Gasteiger partial charge in [0.2, 0.25) is 5.91 Å². The van der Waals surface area contributed by atoms with Crippen LogP contribution in [0.3, 0.4) is 0 Å². The van der Waals surface area contributed by atoms with Gasteiger partial charge in [-0.05, 0) is 50.0 Å². The molecule has 1 amide bonds. The van der Waals surface area contributed by atoms with Crippen molar-refractivity contribution in [3.63, 3.8) is 0 Å². The molecule has 3 nitrogen and oxygen atoms in total. The van der Waals surface area contributed by atoms with Gasteiger partial charge in [-0.2, -0.15) is 0 Å². The highest BCUT2D eigenvalue weighted by atomic mass is 16.1. The molecule has 2 saturated carbocycles. The summed E-state index contributed by atoms with van der Waals surface area (Å²) in [5, 5.41) is 3.22. The van der Waals surface area contributed by atoms with Gasteiger partial charge in [0.05, 0.1) is 0 Å². The first-order valence-corrected chi connectivity index (χ1v) is 8.18. The summed E-state index contributed by atoms with van der Waals surface area (Å²) in [6.45, 7) is 3.98. The minimum absolute atomic E-state index is 0.252. The minimum atomic E-state index is 0.252. The number of nitrogens with two attached hydrogens (primary N) is 1. The van der Waals surface area contributed by atoms with E-state index in [-0.39, 0.29) is 5.92 Å². The van der Waals surface area contributed by atoms with Gasteiger partial charge in [0.25, 0.3) is 0 Å². The van der Waals surface area contributed by atoms with Crippen molar-refractivity contribution >= 4 is 5.91 Å². The van der Waals surface area contributed by atoms with Crippen LogP contribution in [-0.2, 0) is 4.79 Å². The number of hydrogen-bond donors (Lipinski definition) is 2. The zero-order chi connectivity index (χ0) is 13.7. The molecule has 110 valence electrons. The Morgan fingerprint density at radius 2 is 2.00 bits per heavy atom. The first-order chi connectivity index (χ1) is 9.20. The highest BCUT2D eigenvalue weighted by molar-refractivity contribution is 5.78. The molecule has 0 aromatic rings. The SMILES string of the molecule is CC1CCCC1CNC(=O)C1CCCC(CCN)C1. The van der Waals surface area contributed by atoms with Crippen molar-refractivity contribution in [2.45, 2.75) is 58.3 Å². The van der Waals surface area contributed by atoms with E-state index in [9.17, 15) is 4.79 Å². The van der Waals surface area contributed by atoms with E-state index in [0.29, 0.717) is 17.7 Å². The molecule has 3 heteroatoms. The van der Waals surface area contributed by atoms with Gasteiger partial charge in [0.1, 0.15) is 0 Å². The van der Waals surface area contributed by atoms with Gasteiger partial charge in [0, 0.05) is 12.5 Å². The molecular formula is C16H30N2O. The molecule has 0 aromatic heterocycles. The number of nitrogens with one attached hydrogen (secondary N) is 1. The monoisotopic (exact) mass is 266 g/mol. The fraction of sp³-hybridized carbons (Fsp3) is 0.938. The number of hydrogen-bond acceptors (Lipinski definition) is 2. The molecule has 0 radical (unpaired) electrons. The summed E-state index contributed by atoms with van der Waals surface area (Å²) in [5.41, 5.74) is 5.64. The average Bonchev–Trinajstić information content (AvgIpc) is 2.82. The van der Waals surface area contributed by atoms with Crippen molar-refractivity contribution in [3.8, 4) is 0 Å². The average molecular weight is 266 g/mol. The van der Waals surface area contributed by atoms with E-state index in [1.54, 1.807) is 0 Å². The molecule has 2 aliphatic rings. The van der Waals surface area contributed by atoms with Crippen molar-refractivity contribution in [1.29, 1.82) is 0 Å². The van der Waals surface area contributed by atoms with Gasteiger partial charge in [-0.25, -0.2) is 0 Å². The van der Waals surface area contributed by atoms with E-state index in [1.165, 1.54) is 32.1 Å². The van der Waals surface area contributed by atoms with E-state index >= 15 is 0 Å². The summed E-state index contributed by atoms with van der Waals surface area (Å²) in [6, 6.07) is 0. The first kappa shape index (κ1) is 14.8. The molecule has 0 spiro atoms. The first-order valence-electron chi connectivity index (χ1n) is 8.18. The van der Waals surface area contributed by atoms with Crippen LogP contribution in [0.1, 0.15) is 58.3 Å². The molecule has 19 heavy (non-hydrogen) atoms. The zero-order valence-corrected chi connectivity index (χ0v) is 12.4. The summed E-state index contributed by atoms with van der Waals surface area (Å²) in [5.74, 6) is 2.74. The number of rotatable bonds is 5. The van der Waals surface area contributed by atoms with Crippen LogP contribution in [0.2, 0.25) is 0 Å². The lowest BCUT2D eigenvalue weighted by atomic mass is 9.79. The second-order valence-electron chi connectivity index (χ2n) is 6.72. The number of amides is 1. The number of carbonyl (C=O) groups excluding carboxylic acids is 1. The summed E-state index contributed by atoms with van der Waals surface area (Å²) < 4.78 is 0. The molecule has 2 aliphatic carbocycles. The van der Waals surface area contributed by atoms with Crippen LogP contribution >= 0.6 is 0 Å². The quantitative estimate of drug-likeness (QED) is 0.804. The highest BCUT2D eigenvalue weighted by Gasteiger charge is 2.28. The maximum absolute atomic E-state index is 12.3. The standard InChI is InChI=1S/C16H30N2O/c1-12-4-2-7-15(12)11-18-16(19)14-6-3-5-13(10-14)8-9-17/h12-15H,2-11,17H2,1H3,(H,18,19). The summed E-state index contributed by atoms with van der Waals surface area (Å²) in [4.78, 5) is 12.3. The Labute approximate surface area is 117 Å². The van der Waals surface area contributed by atoms with Crippen molar-refractivity contribution in [3.05, 3.63) is 0 Å². The van der Waals surface area contributed by atoms with Gasteiger partial charge in [-0.3, -0.25) is 4.79 Å². The third kappa shape index (κ3) is 4.20. The van der Waals surface area contributed by atoms with Crippen LogP contribution in [-0.4, -0.2) is 19.0 Å². The Morgan fingerprint density at radius 1 is 1.21 bits per heavy atom. The Morgan fingerprint density at radius 3 is 2.68 bits per heavy atom. The van der Waals surface area contributed by atoms with Gasteiger partial charge >= 0.3 is 0 Å². The lowest BCUT2D eigenvalue weighted by molar-refractivity contribution is -0.126. The second kappa shape index (κ2) is 7.28. The zero-order valence-electron chi connectivity index (χ0n) is 12.4. The fourth-order valence-electron chi connectivity index (χ4n) is 3.93. The third-order valence-corrected chi connectivity index (χ3v) is 5.31. The van der Waals surface area contributed by atoms with Gasteiger partial charge in [0.15, 0.2) is 0 Å². The van der Waals surface area contributed by atoms with Gasteiger partial charge in [-0.1, -0.05) is 32.6 Å². The molecule has 3 N–H and O–H groups in total. The van der Waals surface area contributed by atoms with Crippen molar-refractivity contribution < 1.29 is 4.79 Å². The van der Waals surface area contributed by atoms with Crippen LogP contribution in [0, 0.1) is 23.7 Å². The molecule has 2 fully saturated rings. The maximum atomic E-state index is 12.3. The van der Waals surface area contributed by atoms with Crippen molar-refractivity contribution in [2.24, 2.45) is 29.4 Å². The normalized spacial score (nSPS) is 35.3. The summed E-state index contributed by atoms with van der Waals surface area (Å²) >= 11 is 0. The van der Waals surface area contributed by atoms with Crippen molar-refractivity contribution in [2.75, 3.05) is 13.1 Å². The molecule has 0 aromatic carbocycles. The molecular weight excluding hydrogens is 236 g/mol.